The van der Waals surface area contributed by atoms with Gasteiger partial charge >= 0.3 is 0 Å². The van der Waals surface area contributed by atoms with Gasteiger partial charge in [0.05, 0.1) is 19.1 Å². The first-order valence-corrected chi connectivity index (χ1v) is 9.82. The van der Waals surface area contributed by atoms with Crippen molar-refractivity contribution in [1.82, 2.24) is 9.80 Å². The molecule has 0 atom stereocenters. The Labute approximate surface area is 168 Å². The molecule has 1 saturated heterocycles. The molecule has 2 aromatic carbocycles. The first kappa shape index (κ1) is 19.4. The van der Waals surface area contributed by atoms with Crippen LogP contribution in [0.5, 0.6) is 5.75 Å². The van der Waals surface area contributed by atoms with E-state index >= 15 is 0 Å². The fourth-order valence-electron chi connectivity index (χ4n) is 3.20. The van der Waals surface area contributed by atoms with E-state index in [2.05, 4.69) is 15.9 Å². The van der Waals surface area contributed by atoms with E-state index in [-0.39, 0.29) is 11.8 Å². The van der Waals surface area contributed by atoms with E-state index in [1.54, 1.807) is 7.11 Å². The van der Waals surface area contributed by atoms with Crippen molar-refractivity contribution in [3.05, 3.63) is 64.1 Å². The number of hydrogen-bond acceptors (Lipinski definition) is 3. The fraction of sp³-hybridized carbons (Fsp3) is 0.333. The zero-order valence-electron chi connectivity index (χ0n) is 15.4. The average Bonchev–Trinajstić information content (AvgIpc) is 2.95. The van der Waals surface area contributed by atoms with Gasteiger partial charge < -0.3 is 14.5 Å². The van der Waals surface area contributed by atoms with E-state index in [4.69, 9.17) is 4.74 Å². The summed E-state index contributed by atoms with van der Waals surface area (Å²) >= 11 is 3.44. The summed E-state index contributed by atoms with van der Waals surface area (Å²) in [7, 11) is 1.62. The molecule has 27 heavy (non-hydrogen) atoms. The Hall–Kier alpha value is -2.34. The SMILES string of the molecule is COc1ccc(CC(=O)N2CCCN(C(=O)c3ccccc3Br)CC2)cc1. The molecule has 0 radical (unpaired) electrons. The van der Waals surface area contributed by atoms with Crippen LogP contribution in [0.15, 0.2) is 53.0 Å². The molecular weight excluding hydrogens is 408 g/mol. The Kier molecular flexibility index (Phi) is 6.50. The molecule has 0 aromatic heterocycles. The van der Waals surface area contributed by atoms with Crippen molar-refractivity contribution in [2.24, 2.45) is 0 Å². The molecular formula is C21H23BrN2O3. The van der Waals surface area contributed by atoms with Crippen LogP contribution in [0.2, 0.25) is 0 Å². The second-order valence-corrected chi connectivity index (χ2v) is 7.39. The van der Waals surface area contributed by atoms with Crippen LogP contribution in [0.3, 0.4) is 0 Å². The Morgan fingerprint density at radius 3 is 2.33 bits per heavy atom. The summed E-state index contributed by atoms with van der Waals surface area (Å²) in [6.07, 6.45) is 1.15. The quantitative estimate of drug-likeness (QED) is 0.746. The van der Waals surface area contributed by atoms with Gasteiger partial charge in [0, 0.05) is 30.7 Å². The maximum atomic E-state index is 12.8. The smallest absolute Gasteiger partial charge is 0.255 e. The highest BCUT2D eigenvalue weighted by molar-refractivity contribution is 9.10. The van der Waals surface area contributed by atoms with Crippen molar-refractivity contribution in [3.63, 3.8) is 0 Å². The molecule has 6 heteroatoms. The topological polar surface area (TPSA) is 49.9 Å². The highest BCUT2D eigenvalue weighted by Crippen LogP contribution is 2.19. The number of hydrogen-bond donors (Lipinski definition) is 0. The standard InChI is InChI=1S/C21H23BrN2O3/c1-27-17-9-7-16(8-10-17)15-20(25)23-11-4-12-24(14-13-23)21(26)18-5-2-3-6-19(18)22/h2-3,5-10H,4,11-15H2,1H3. The summed E-state index contributed by atoms with van der Waals surface area (Å²) in [5.41, 5.74) is 1.63. The van der Waals surface area contributed by atoms with Crippen molar-refractivity contribution >= 4 is 27.7 Å². The van der Waals surface area contributed by atoms with Crippen LogP contribution in [0, 0.1) is 0 Å². The lowest BCUT2D eigenvalue weighted by Crippen LogP contribution is -2.38. The second-order valence-electron chi connectivity index (χ2n) is 6.53. The maximum Gasteiger partial charge on any atom is 0.255 e. The molecule has 0 spiro atoms. The van der Waals surface area contributed by atoms with Crippen LogP contribution in [-0.2, 0) is 11.2 Å². The van der Waals surface area contributed by atoms with E-state index in [0.717, 1.165) is 22.2 Å². The van der Waals surface area contributed by atoms with Crippen molar-refractivity contribution in [2.45, 2.75) is 12.8 Å². The molecule has 1 heterocycles. The number of nitrogens with zero attached hydrogens (tertiary/aromatic N) is 2. The molecule has 3 rings (SSSR count). The Morgan fingerprint density at radius 2 is 1.63 bits per heavy atom. The molecule has 1 aliphatic rings. The molecule has 1 aliphatic heterocycles. The number of benzene rings is 2. The zero-order chi connectivity index (χ0) is 19.2. The molecule has 1 fully saturated rings. The van der Waals surface area contributed by atoms with Gasteiger partial charge in [-0.1, -0.05) is 24.3 Å². The number of amides is 2. The van der Waals surface area contributed by atoms with Crippen LogP contribution >= 0.6 is 15.9 Å². The van der Waals surface area contributed by atoms with Crippen LogP contribution < -0.4 is 4.74 Å². The Balaban J connectivity index is 1.59. The van der Waals surface area contributed by atoms with Crippen molar-refractivity contribution in [3.8, 4) is 5.75 Å². The van der Waals surface area contributed by atoms with Crippen LogP contribution in [0.4, 0.5) is 0 Å². The number of ether oxygens (including phenoxy) is 1. The molecule has 0 bridgehead atoms. The van der Waals surface area contributed by atoms with E-state index in [1.165, 1.54) is 0 Å². The molecule has 0 N–H and O–H groups in total. The van der Waals surface area contributed by atoms with Crippen LogP contribution in [-0.4, -0.2) is 54.9 Å². The van der Waals surface area contributed by atoms with Gasteiger partial charge in [-0.25, -0.2) is 0 Å². The van der Waals surface area contributed by atoms with Gasteiger partial charge in [0.25, 0.3) is 5.91 Å². The van der Waals surface area contributed by atoms with Crippen LogP contribution in [0.25, 0.3) is 0 Å². The number of rotatable bonds is 4. The van der Waals surface area contributed by atoms with E-state index in [9.17, 15) is 9.59 Å². The molecule has 5 nitrogen and oxygen atoms in total. The normalized spacial score (nSPS) is 14.6. The summed E-state index contributed by atoms with van der Waals surface area (Å²) in [6.45, 7) is 2.45. The number of carbonyl (C=O) groups is 2. The van der Waals surface area contributed by atoms with Gasteiger partial charge in [0.1, 0.15) is 5.75 Å². The van der Waals surface area contributed by atoms with Gasteiger partial charge in [0.15, 0.2) is 0 Å². The van der Waals surface area contributed by atoms with Gasteiger partial charge in [-0.3, -0.25) is 9.59 Å². The van der Waals surface area contributed by atoms with Crippen molar-refractivity contribution < 1.29 is 14.3 Å². The summed E-state index contributed by atoms with van der Waals surface area (Å²) in [6, 6.07) is 15.0. The lowest BCUT2D eigenvalue weighted by atomic mass is 10.1. The first-order valence-electron chi connectivity index (χ1n) is 9.03. The van der Waals surface area contributed by atoms with Crippen molar-refractivity contribution in [2.75, 3.05) is 33.3 Å². The predicted octanol–water partition coefficient (Wildman–Crippen LogP) is 3.37. The highest BCUT2D eigenvalue weighted by atomic mass is 79.9. The van der Waals surface area contributed by atoms with E-state index < -0.39 is 0 Å². The molecule has 2 aromatic rings. The largest absolute Gasteiger partial charge is 0.497 e. The molecule has 0 saturated carbocycles. The van der Waals surface area contributed by atoms with Gasteiger partial charge in [-0.2, -0.15) is 0 Å². The van der Waals surface area contributed by atoms with Gasteiger partial charge in [0.2, 0.25) is 5.91 Å². The number of halogens is 1. The highest BCUT2D eigenvalue weighted by Gasteiger charge is 2.23. The van der Waals surface area contributed by atoms with E-state index in [0.29, 0.717) is 38.2 Å². The monoisotopic (exact) mass is 430 g/mol. The third-order valence-electron chi connectivity index (χ3n) is 4.75. The minimum Gasteiger partial charge on any atom is -0.497 e. The van der Waals surface area contributed by atoms with Gasteiger partial charge in [-0.15, -0.1) is 0 Å². The fourth-order valence-corrected chi connectivity index (χ4v) is 3.66. The average molecular weight is 431 g/mol. The van der Waals surface area contributed by atoms with E-state index in [1.807, 2.05) is 58.3 Å². The summed E-state index contributed by atoms with van der Waals surface area (Å²) in [5, 5.41) is 0. The molecule has 0 unspecified atom stereocenters. The summed E-state index contributed by atoms with van der Waals surface area (Å²) < 4.78 is 5.95. The second kappa shape index (κ2) is 9.04. The third-order valence-corrected chi connectivity index (χ3v) is 5.45. The van der Waals surface area contributed by atoms with Gasteiger partial charge in [-0.05, 0) is 52.2 Å². The molecule has 2 amide bonds. The lowest BCUT2D eigenvalue weighted by Gasteiger charge is -2.22. The van der Waals surface area contributed by atoms with Crippen LogP contribution in [0.1, 0.15) is 22.3 Å². The first-order chi connectivity index (χ1) is 13.1. The third kappa shape index (κ3) is 4.89. The minimum absolute atomic E-state index is 0.00642. The maximum absolute atomic E-state index is 12.8. The summed E-state index contributed by atoms with van der Waals surface area (Å²) in [5.74, 6) is 0.879. The number of carbonyl (C=O) groups excluding carboxylic acids is 2. The minimum atomic E-state index is 0.00642. The zero-order valence-corrected chi connectivity index (χ0v) is 16.9. The Bertz CT molecular complexity index is 807. The Morgan fingerprint density at radius 1 is 0.963 bits per heavy atom. The molecule has 142 valence electrons. The number of methoxy groups -OCH3 is 1. The summed E-state index contributed by atoms with van der Waals surface area (Å²) in [4.78, 5) is 29.1. The predicted molar refractivity (Wildman–Crippen MR) is 108 cm³/mol. The van der Waals surface area contributed by atoms with Crippen molar-refractivity contribution in [1.29, 1.82) is 0 Å². The lowest BCUT2D eigenvalue weighted by molar-refractivity contribution is -0.130. The molecule has 0 aliphatic carbocycles.